The summed E-state index contributed by atoms with van der Waals surface area (Å²) in [7, 11) is 0. The third kappa shape index (κ3) is 4.21. The summed E-state index contributed by atoms with van der Waals surface area (Å²) in [5, 5.41) is 11.9. The van der Waals surface area contributed by atoms with Crippen molar-refractivity contribution < 1.29 is 4.39 Å². The van der Waals surface area contributed by atoms with Crippen LogP contribution in [0.4, 0.5) is 15.9 Å². The van der Waals surface area contributed by atoms with E-state index in [9.17, 15) is 0 Å². The molecule has 25 heavy (non-hydrogen) atoms. The molecule has 3 heterocycles. The van der Waals surface area contributed by atoms with Crippen LogP contribution >= 0.6 is 0 Å². The standard InChI is InChI=1S/C18H21FN6/c1-13-9-17(24-14(2)23-13)22-12-18(19)5-7-25(8-6-18)16-4-3-15(10-20)21-11-16/h3-4,9,11H,5-8,12H2,1-2H3,(H,22,23,24). The van der Waals surface area contributed by atoms with Crippen molar-refractivity contribution in [1.29, 1.82) is 5.26 Å². The van der Waals surface area contributed by atoms with E-state index in [0.717, 1.165) is 11.4 Å². The Morgan fingerprint density at radius 2 is 2.04 bits per heavy atom. The van der Waals surface area contributed by atoms with E-state index in [1.807, 2.05) is 32.0 Å². The highest BCUT2D eigenvalue weighted by atomic mass is 19.1. The van der Waals surface area contributed by atoms with E-state index in [2.05, 4.69) is 25.2 Å². The van der Waals surface area contributed by atoms with Gasteiger partial charge < -0.3 is 10.2 Å². The number of anilines is 2. The minimum atomic E-state index is -1.26. The predicted molar refractivity (Wildman–Crippen MR) is 94.2 cm³/mol. The van der Waals surface area contributed by atoms with Crippen LogP contribution in [0.3, 0.4) is 0 Å². The van der Waals surface area contributed by atoms with Gasteiger partial charge in [-0.1, -0.05) is 0 Å². The molecule has 0 aliphatic carbocycles. The topological polar surface area (TPSA) is 77.7 Å². The molecule has 0 aromatic carbocycles. The molecule has 130 valence electrons. The first-order chi connectivity index (χ1) is 12.0. The highest BCUT2D eigenvalue weighted by molar-refractivity contribution is 5.46. The molecular weight excluding hydrogens is 319 g/mol. The second kappa shape index (κ2) is 7.01. The highest BCUT2D eigenvalue weighted by Crippen LogP contribution is 2.29. The van der Waals surface area contributed by atoms with Gasteiger partial charge in [0.25, 0.3) is 0 Å². The maximum absolute atomic E-state index is 15.1. The van der Waals surface area contributed by atoms with Gasteiger partial charge in [0.1, 0.15) is 29.1 Å². The molecule has 3 rings (SSSR count). The Morgan fingerprint density at radius 1 is 1.28 bits per heavy atom. The Bertz CT molecular complexity index is 755. The number of rotatable bonds is 4. The summed E-state index contributed by atoms with van der Waals surface area (Å²) >= 11 is 0. The maximum Gasteiger partial charge on any atom is 0.140 e. The third-order valence-corrected chi connectivity index (χ3v) is 4.44. The summed E-state index contributed by atoms with van der Waals surface area (Å²) in [5.74, 6) is 1.35. The normalized spacial score (nSPS) is 16.3. The molecule has 2 aromatic heterocycles. The van der Waals surface area contributed by atoms with Crippen molar-refractivity contribution in [3.63, 3.8) is 0 Å². The lowest BCUT2D eigenvalue weighted by molar-refractivity contribution is 0.140. The monoisotopic (exact) mass is 340 g/mol. The van der Waals surface area contributed by atoms with Crippen molar-refractivity contribution in [3.05, 3.63) is 41.6 Å². The highest BCUT2D eigenvalue weighted by Gasteiger charge is 2.34. The lowest BCUT2D eigenvalue weighted by Gasteiger charge is -2.37. The Hall–Kier alpha value is -2.75. The Labute approximate surface area is 146 Å². The van der Waals surface area contributed by atoms with E-state index in [1.165, 1.54) is 0 Å². The van der Waals surface area contributed by atoms with Crippen molar-refractivity contribution >= 4 is 11.5 Å². The predicted octanol–water partition coefficient (Wildman–Crippen LogP) is 2.78. The van der Waals surface area contributed by atoms with Crippen LogP contribution in [0, 0.1) is 25.2 Å². The van der Waals surface area contributed by atoms with Crippen molar-refractivity contribution in [1.82, 2.24) is 15.0 Å². The summed E-state index contributed by atoms with van der Waals surface area (Å²) in [6.07, 6.45) is 2.54. The van der Waals surface area contributed by atoms with Gasteiger partial charge in [0, 0.05) is 37.7 Å². The van der Waals surface area contributed by atoms with Crippen molar-refractivity contribution in [2.45, 2.75) is 32.4 Å². The Balaban J connectivity index is 1.57. The number of nitrogens with one attached hydrogen (secondary N) is 1. The van der Waals surface area contributed by atoms with Gasteiger partial charge in [-0.3, -0.25) is 0 Å². The number of hydrogen-bond donors (Lipinski definition) is 1. The molecule has 7 heteroatoms. The minimum Gasteiger partial charge on any atom is -0.370 e. The fraction of sp³-hybridized carbons (Fsp3) is 0.444. The van der Waals surface area contributed by atoms with E-state index < -0.39 is 5.67 Å². The number of nitrogens with zero attached hydrogens (tertiary/aromatic N) is 5. The maximum atomic E-state index is 15.1. The molecule has 0 bridgehead atoms. The molecule has 0 amide bonds. The van der Waals surface area contributed by atoms with Crippen molar-refractivity contribution in [2.75, 3.05) is 29.9 Å². The lowest BCUT2D eigenvalue weighted by Crippen LogP contribution is -2.45. The number of aromatic nitrogens is 3. The van der Waals surface area contributed by atoms with Gasteiger partial charge in [-0.25, -0.2) is 19.3 Å². The second-order valence-corrected chi connectivity index (χ2v) is 6.45. The molecule has 6 nitrogen and oxygen atoms in total. The quantitative estimate of drug-likeness (QED) is 0.922. The fourth-order valence-electron chi connectivity index (χ4n) is 3.04. The number of pyridine rings is 1. The van der Waals surface area contributed by atoms with Gasteiger partial charge in [-0.15, -0.1) is 0 Å². The van der Waals surface area contributed by atoms with E-state index in [0.29, 0.717) is 43.3 Å². The summed E-state index contributed by atoms with van der Waals surface area (Å²) in [6, 6.07) is 7.38. The zero-order valence-electron chi connectivity index (χ0n) is 14.5. The van der Waals surface area contributed by atoms with E-state index in [4.69, 9.17) is 5.26 Å². The molecule has 0 atom stereocenters. The lowest BCUT2D eigenvalue weighted by atomic mass is 9.93. The number of piperidine rings is 1. The molecule has 0 unspecified atom stereocenters. The molecule has 0 spiro atoms. The zero-order chi connectivity index (χ0) is 17.9. The molecule has 1 aliphatic rings. The third-order valence-electron chi connectivity index (χ3n) is 4.44. The van der Waals surface area contributed by atoms with Crippen LogP contribution in [0.5, 0.6) is 0 Å². The molecule has 1 saturated heterocycles. The molecule has 2 aromatic rings. The first-order valence-corrected chi connectivity index (χ1v) is 8.34. The summed E-state index contributed by atoms with van der Waals surface area (Å²) in [6.45, 7) is 5.20. The van der Waals surface area contributed by atoms with Crippen LogP contribution in [-0.2, 0) is 0 Å². The summed E-state index contributed by atoms with van der Waals surface area (Å²) < 4.78 is 15.1. The van der Waals surface area contributed by atoms with Crippen LogP contribution in [0.25, 0.3) is 0 Å². The van der Waals surface area contributed by atoms with Gasteiger partial charge in [0.15, 0.2) is 0 Å². The first kappa shape index (κ1) is 17.1. The molecule has 1 N–H and O–H groups in total. The van der Waals surface area contributed by atoms with Gasteiger partial charge in [-0.05, 0) is 26.0 Å². The number of hydrogen-bond acceptors (Lipinski definition) is 6. The van der Waals surface area contributed by atoms with Crippen molar-refractivity contribution in [3.8, 4) is 6.07 Å². The van der Waals surface area contributed by atoms with Gasteiger partial charge in [0.05, 0.1) is 18.4 Å². The Morgan fingerprint density at radius 3 is 2.64 bits per heavy atom. The smallest absolute Gasteiger partial charge is 0.140 e. The van der Waals surface area contributed by atoms with Crippen LogP contribution in [-0.4, -0.2) is 40.3 Å². The number of aryl methyl sites for hydroxylation is 2. The van der Waals surface area contributed by atoms with Crippen LogP contribution < -0.4 is 10.2 Å². The van der Waals surface area contributed by atoms with Crippen LogP contribution in [0.1, 0.15) is 30.1 Å². The van der Waals surface area contributed by atoms with Crippen LogP contribution in [0.15, 0.2) is 24.4 Å². The fourth-order valence-corrected chi connectivity index (χ4v) is 3.04. The van der Waals surface area contributed by atoms with Gasteiger partial charge >= 0.3 is 0 Å². The van der Waals surface area contributed by atoms with Gasteiger partial charge in [-0.2, -0.15) is 5.26 Å². The second-order valence-electron chi connectivity index (χ2n) is 6.45. The average Bonchev–Trinajstić information content (AvgIpc) is 2.60. The van der Waals surface area contributed by atoms with E-state index in [-0.39, 0.29) is 6.54 Å². The Kier molecular flexibility index (Phi) is 4.79. The molecule has 1 fully saturated rings. The number of nitriles is 1. The van der Waals surface area contributed by atoms with Crippen molar-refractivity contribution in [2.24, 2.45) is 0 Å². The summed E-state index contributed by atoms with van der Waals surface area (Å²) in [4.78, 5) is 14.7. The SMILES string of the molecule is Cc1cc(NCC2(F)CCN(c3ccc(C#N)nc3)CC2)nc(C)n1. The zero-order valence-corrected chi connectivity index (χ0v) is 14.5. The van der Waals surface area contributed by atoms with E-state index >= 15 is 4.39 Å². The van der Waals surface area contributed by atoms with E-state index in [1.54, 1.807) is 12.3 Å². The molecule has 1 aliphatic heterocycles. The largest absolute Gasteiger partial charge is 0.370 e. The molecule has 0 radical (unpaired) electrons. The van der Waals surface area contributed by atoms with Gasteiger partial charge in [0.2, 0.25) is 0 Å². The first-order valence-electron chi connectivity index (χ1n) is 8.34. The van der Waals surface area contributed by atoms with Crippen LogP contribution in [0.2, 0.25) is 0 Å². The summed E-state index contributed by atoms with van der Waals surface area (Å²) in [5.41, 5.74) is 0.922. The molecule has 0 saturated carbocycles. The minimum absolute atomic E-state index is 0.238. The number of halogens is 1. The average molecular weight is 340 g/mol. The number of alkyl halides is 1. The molecular formula is C18H21FN6.